The fourth-order valence-electron chi connectivity index (χ4n) is 9.04. The fourth-order valence-corrected chi connectivity index (χ4v) is 9.04. The molecular formula is C54H45BN2O. The van der Waals surface area contributed by atoms with Crippen LogP contribution >= 0.6 is 0 Å². The highest BCUT2D eigenvalue weighted by molar-refractivity contribution is 6.99. The van der Waals surface area contributed by atoms with Crippen LogP contribution in [0, 0.1) is 13.8 Å². The van der Waals surface area contributed by atoms with Gasteiger partial charge >= 0.3 is 0 Å². The Morgan fingerprint density at radius 3 is 1.79 bits per heavy atom. The first-order valence-electron chi connectivity index (χ1n) is 20.3. The van der Waals surface area contributed by atoms with Crippen molar-refractivity contribution in [1.29, 1.82) is 0 Å². The Morgan fingerprint density at radius 1 is 0.466 bits per heavy atom. The molecule has 0 bridgehead atoms. The average molecular weight is 749 g/mol. The van der Waals surface area contributed by atoms with Gasteiger partial charge in [0.15, 0.2) is 0 Å². The highest BCUT2D eigenvalue weighted by Gasteiger charge is 2.42. The SMILES string of the molecule is Cc1cc(C)cc(-c2cc(C(C)(C)C)ccc2N2c3ccc(-c4ccccc4)cc3B3c4ccc(N(c5ccccc5)c5ccccc5)cc4Oc4cccc2c43)c1. The molecule has 0 saturated heterocycles. The minimum atomic E-state index is -0.0423. The van der Waals surface area contributed by atoms with Gasteiger partial charge in [-0.3, -0.25) is 0 Å². The molecule has 10 rings (SSSR count). The van der Waals surface area contributed by atoms with Crippen molar-refractivity contribution in [3.8, 4) is 33.8 Å². The van der Waals surface area contributed by atoms with Gasteiger partial charge in [0, 0.05) is 40.1 Å². The maximum atomic E-state index is 7.06. The number of benzene rings is 8. The summed E-state index contributed by atoms with van der Waals surface area (Å²) < 4.78 is 7.06. The lowest BCUT2D eigenvalue weighted by Gasteiger charge is -2.41. The van der Waals surface area contributed by atoms with E-state index in [-0.39, 0.29) is 12.1 Å². The molecule has 0 aliphatic carbocycles. The highest BCUT2D eigenvalue weighted by Crippen LogP contribution is 2.47. The Hall–Kier alpha value is -6.78. The predicted octanol–water partition coefficient (Wildman–Crippen LogP) is 12.8. The summed E-state index contributed by atoms with van der Waals surface area (Å²) >= 11 is 0. The van der Waals surface area contributed by atoms with E-state index in [1.807, 2.05) is 0 Å². The van der Waals surface area contributed by atoms with Crippen LogP contribution in [0.15, 0.2) is 182 Å². The number of anilines is 6. The molecule has 3 nitrogen and oxygen atoms in total. The molecule has 2 aliphatic heterocycles. The smallest absolute Gasteiger partial charge is 0.256 e. The lowest BCUT2D eigenvalue weighted by molar-refractivity contribution is 0.487. The van der Waals surface area contributed by atoms with E-state index in [0.29, 0.717) is 0 Å². The first-order chi connectivity index (χ1) is 28.2. The zero-order valence-corrected chi connectivity index (χ0v) is 33.7. The molecule has 0 unspecified atom stereocenters. The van der Waals surface area contributed by atoms with Crippen LogP contribution in [0.25, 0.3) is 22.3 Å². The van der Waals surface area contributed by atoms with Crippen molar-refractivity contribution < 1.29 is 4.74 Å². The van der Waals surface area contributed by atoms with Crippen LogP contribution in [-0.2, 0) is 5.41 Å². The van der Waals surface area contributed by atoms with Gasteiger partial charge in [-0.1, -0.05) is 147 Å². The summed E-state index contributed by atoms with van der Waals surface area (Å²) in [6.45, 7) is 11.2. The second kappa shape index (κ2) is 14.0. The number of hydrogen-bond acceptors (Lipinski definition) is 3. The summed E-state index contributed by atoms with van der Waals surface area (Å²) in [4.78, 5) is 4.80. The van der Waals surface area contributed by atoms with E-state index in [4.69, 9.17) is 4.74 Å². The van der Waals surface area contributed by atoms with Gasteiger partial charge in [0.2, 0.25) is 0 Å². The van der Waals surface area contributed by atoms with Gasteiger partial charge < -0.3 is 14.5 Å². The maximum Gasteiger partial charge on any atom is 0.256 e. The summed E-state index contributed by atoms with van der Waals surface area (Å²) in [5, 5.41) is 0. The Labute approximate surface area is 342 Å². The molecular weight excluding hydrogens is 703 g/mol. The zero-order chi connectivity index (χ0) is 39.5. The van der Waals surface area contributed by atoms with Crippen LogP contribution < -0.4 is 30.9 Å². The van der Waals surface area contributed by atoms with Crippen molar-refractivity contribution in [1.82, 2.24) is 0 Å². The molecule has 0 radical (unpaired) electrons. The number of ether oxygens (including phenoxy) is 1. The molecule has 0 N–H and O–H groups in total. The summed E-state index contributed by atoms with van der Waals surface area (Å²) in [5.74, 6) is 1.76. The van der Waals surface area contributed by atoms with E-state index in [0.717, 1.165) is 45.4 Å². The molecule has 4 heteroatoms. The Morgan fingerprint density at radius 2 is 1.12 bits per heavy atom. The lowest BCUT2D eigenvalue weighted by atomic mass is 9.34. The monoisotopic (exact) mass is 748 g/mol. The molecule has 280 valence electrons. The van der Waals surface area contributed by atoms with Crippen molar-refractivity contribution in [3.63, 3.8) is 0 Å². The van der Waals surface area contributed by atoms with E-state index >= 15 is 0 Å². The summed E-state index contributed by atoms with van der Waals surface area (Å²) in [7, 11) is 0. The molecule has 0 atom stereocenters. The first-order valence-corrected chi connectivity index (χ1v) is 20.3. The molecule has 0 amide bonds. The van der Waals surface area contributed by atoms with Gasteiger partial charge in [-0.05, 0) is 119 Å². The average Bonchev–Trinajstić information content (AvgIpc) is 3.24. The Kier molecular flexibility index (Phi) is 8.60. The molecule has 8 aromatic rings. The van der Waals surface area contributed by atoms with Gasteiger partial charge in [0.25, 0.3) is 6.71 Å². The largest absolute Gasteiger partial charge is 0.458 e. The molecule has 8 aromatic carbocycles. The molecule has 0 fully saturated rings. The quantitative estimate of drug-likeness (QED) is 0.158. The van der Waals surface area contributed by atoms with E-state index in [1.165, 1.54) is 55.6 Å². The molecule has 2 aliphatic rings. The number of nitrogens with zero attached hydrogens (tertiary/aromatic N) is 2. The van der Waals surface area contributed by atoms with Gasteiger partial charge in [0.05, 0.1) is 5.69 Å². The summed E-state index contributed by atoms with van der Waals surface area (Å²) in [5.41, 5.74) is 19.0. The van der Waals surface area contributed by atoms with Gasteiger partial charge in [0.1, 0.15) is 11.5 Å². The summed E-state index contributed by atoms with van der Waals surface area (Å²) in [6, 6.07) is 66.3. The van der Waals surface area contributed by atoms with Crippen LogP contribution in [-0.4, -0.2) is 6.71 Å². The van der Waals surface area contributed by atoms with Crippen LogP contribution in [0.3, 0.4) is 0 Å². The molecule has 0 saturated carbocycles. The Balaban J connectivity index is 1.20. The molecule has 2 heterocycles. The van der Waals surface area contributed by atoms with E-state index in [9.17, 15) is 0 Å². The third-order valence-electron chi connectivity index (χ3n) is 11.7. The van der Waals surface area contributed by atoms with E-state index in [1.54, 1.807) is 0 Å². The van der Waals surface area contributed by atoms with E-state index < -0.39 is 0 Å². The third kappa shape index (κ3) is 6.17. The highest BCUT2D eigenvalue weighted by atomic mass is 16.5. The van der Waals surface area contributed by atoms with Crippen molar-refractivity contribution >= 4 is 57.2 Å². The van der Waals surface area contributed by atoms with Crippen molar-refractivity contribution in [2.75, 3.05) is 9.80 Å². The van der Waals surface area contributed by atoms with Crippen molar-refractivity contribution in [2.24, 2.45) is 0 Å². The van der Waals surface area contributed by atoms with Crippen LogP contribution in [0.1, 0.15) is 37.5 Å². The minimum Gasteiger partial charge on any atom is -0.458 e. The molecule has 0 spiro atoms. The number of aryl methyl sites for hydroxylation is 2. The standard InChI is InChI=1S/C54H45BN2O/c1-36-30-37(2)32-40(31-36)45-34-41(54(3,4)5)25-29-48(45)57-49-28-24-39(38-16-9-6-10-17-38)33-47(49)55-46-27-26-44(35-52(46)58-51-23-15-22-50(57)53(51)55)56(42-18-11-7-12-19-42)43-20-13-8-14-21-43/h6-35H,1-5H3. The second-order valence-electron chi connectivity index (χ2n) is 16.8. The first kappa shape index (κ1) is 35.6. The second-order valence-corrected chi connectivity index (χ2v) is 16.8. The number of para-hydroxylation sites is 2. The predicted molar refractivity (Wildman–Crippen MR) is 246 cm³/mol. The van der Waals surface area contributed by atoms with Crippen LogP contribution in [0.4, 0.5) is 34.1 Å². The van der Waals surface area contributed by atoms with Crippen LogP contribution in [0.5, 0.6) is 11.5 Å². The third-order valence-corrected chi connectivity index (χ3v) is 11.7. The topological polar surface area (TPSA) is 15.7 Å². The van der Waals surface area contributed by atoms with Gasteiger partial charge in [-0.15, -0.1) is 0 Å². The zero-order valence-electron chi connectivity index (χ0n) is 33.7. The van der Waals surface area contributed by atoms with Gasteiger partial charge in [-0.25, -0.2) is 0 Å². The summed E-state index contributed by atoms with van der Waals surface area (Å²) in [6.07, 6.45) is 0. The fraction of sp³-hybridized carbons (Fsp3) is 0.111. The molecule has 0 aromatic heterocycles. The number of hydrogen-bond donors (Lipinski definition) is 0. The van der Waals surface area contributed by atoms with Crippen molar-refractivity contribution in [2.45, 2.75) is 40.0 Å². The van der Waals surface area contributed by atoms with Gasteiger partial charge in [-0.2, -0.15) is 0 Å². The van der Waals surface area contributed by atoms with E-state index in [2.05, 4.69) is 226 Å². The van der Waals surface area contributed by atoms with Crippen molar-refractivity contribution in [3.05, 3.63) is 199 Å². The Bertz CT molecular complexity index is 2770. The number of rotatable bonds is 6. The normalized spacial score (nSPS) is 12.6. The maximum absolute atomic E-state index is 7.06. The minimum absolute atomic E-state index is 0.0133. The number of fused-ring (bicyclic) bond motifs is 4. The van der Waals surface area contributed by atoms with Crippen LogP contribution in [0.2, 0.25) is 0 Å². The lowest BCUT2D eigenvalue weighted by Crippen LogP contribution is -2.59. The molecule has 58 heavy (non-hydrogen) atoms.